The van der Waals surface area contributed by atoms with Crippen molar-refractivity contribution < 1.29 is 14.1 Å². The summed E-state index contributed by atoms with van der Waals surface area (Å²) in [6.45, 7) is 9.33. The zero-order valence-corrected chi connectivity index (χ0v) is 16.2. The monoisotopic (exact) mass is 370 g/mol. The first-order chi connectivity index (χ1) is 13.0. The van der Waals surface area contributed by atoms with Gasteiger partial charge in [-0.15, -0.1) is 0 Å². The molecule has 2 aromatic rings. The highest BCUT2D eigenvalue weighted by molar-refractivity contribution is 5.76. The second-order valence-electron chi connectivity index (χ2n) is 7.36. The topological polar surface area (TPSA) is 36.8 Å². The van der Waals surface area contributed by atoms with E-state index in [-0.39, 0.29) is 11.7 Å². The molecule has 144 valence electrons. The van der Waals surface area contributed by atoms with Gasteiger partial charge in [-0.05, 0) is 55.2 Å². The number of hydrogen-bond acceptors (Lipinski definition) is 2. The third-order valence-corrected chi connectivity index (χ3v) is 5.45. The molecule has 0 atom stereocenters. The standard InChI is InChI=1S/C22H28FN3O/c1-17-4-3-5-21(18(17)2)26-14-12-25(13-15-26)16-22(27)24-11-10-19-6-8-20(23)9-7-19/h3-9H,10-16H2,1-2H3,(H,24,27)/p+1. The van der Waals surface area contributed by atoms with E-state index in [9.17, 15) is 9.18 Å². The van der Waals surface area contributed by atoms with E-state index >= 15 is 0 Å². The molecule has 2 aromatic carbocycles. The van der Waals surface area contributed by atoms with Gasteiger partial charge in [0.25, 0.3) is 5.91 Å². The van der Waals surface area contributed by atoms with E-state index in [2.05, 4.69) is 42.3 Å². The number of hydrogen-bond donors (Lipinski definition) is 2. The van der Waals surface area contributed by atoms with Gasteiger partial charge in [0.2, 0.25) is 0 Å². The summed E-state index contributed by atoms with van der Waals surface area (Å²) in [4.78, 5) is 16.0. The first kappa shape index (κ1) is 19.4. The Kier molecular flexibility index (Phi) is 6.45. The Morgan fingerprint density at radius 3 is 2.52 bits per heavy atom. The van der Waals surface area contributed by atoms with Crippen LogP contribution in [0.5, 0.6) is 0 Å². The number of rotatable bonds is 6. The molecule has 0 spiro atoms. The lowest BCUT2D eigenvalue weighted by atomic mass is 10.1. The van der Waals surface area contributed by atoms with E-state index in [0.717, 1.165) is 38.2 Å². The highest BCUT2D eigenvalue weighted by Crippen LogP contribution is 2.22. The molecule has 27 heavy (non-hydrogen) atoms. The minimum absolute atomic E-state index is 0.0901. The Balaban J connectivity index is 1.40. The number of halogens is 1. The molecule has 1 heterocycles. The Labute approximate surface area is 161 Å². The molecule has 1 aliphatic rings. The third-order valence-electron chi connectivity index (χ3n) is 5.45. The molecule has 1 aliphatic heterocycles. The number of piperazine rings is 1. The lowest BCUT2D eigenvalue weighted by molar-refractivity contribution is -0.892. The zero-order chi connectivity index (χ0) is 19.2. The van der Waals surface area contributed by atoms with Gasteiger partial charge in [0.05, 0.1) is 26.2 Å². The van der Waals surface area contributed by atoms with Crippen LogP contribution in [-0.2, 0) is 11.2 Å². The molecule has 0 radical (unpaired) electrons. The van der Waals surface area contributed by atoms with Crippen LogP contribution in [0, 0.1) is 19.7 Å². The van der Waals surface area contributed by atoms with Crippen LogP contribution >= 0.6 is 0 Å². The quantitative estimate of drug-likeness (QED) is 0.809. The lowest BCUT2D eigenvalue weighted by Crippen LogP contribution is -3.16. The maximum Gasteiger partial charge on any atom is 0.275 e. The predicted octanol–water partition coefficient (Wildman–Crippen LogP) is 1.51. The minimum atomic E-state index is -0.230. The van der Waals surface area contributed by atoms with Crippen LogP contribution in [-0.4, -0.2) is 45.2 Å². The van der Waals surface area contributed by atoms with Crippen LogP contribution in [0.2, 0.25) is 0 Å². The number of carbonyl (C=O) groups excluding carboxylic acids is 1. The van der Waals surface area contributed by atoms with Gasteiger partial charge in [-0.1, -0.05) is 24.3 Å². The molecule has 0 aromatic heterocycles. The highest BCUT2D eigenvalue weighted by atomic mass is 19.1. The van der Waals surface area contributed by atoms with Gasteiger partial charge in [-0.2, -0.15) is 0 Å². The number of anilines is 1. The summed E-state index contributed by atoms with van der Waals surface area (Å²) < 4.78 is 12.9. The Hall–Kier alpha value is -2.40. The van der Waals surface area contributed by atoms with Crippen LogP contribution in [0.15, 0.2) is 42.5 Å². The summed E-state index contributed by atoms with van der Waals surface area (Å²) >= 11 is 0. The largest absolute Gasteiger partial charge is 0.360 e. The van der Waals surface area contributed by atoms with Gasteiger partial charge >= 0.3 is 0 Å². The average molecular weight is 370 g/mol. The van der Waals surface area contributed by atoms with Crippen molar-refractivity contribution in [3.63, 3.8) is 0 Å². The fourth-order valence-corrected chi connectivity index (χ4v) is 3.61. The predicted molar refractivity (Wildman–Crippen MR) is 107 cm³/mol. The van der Waals surface area contributed by atoms with E-state index in [1.165, 1.54) is 33.8 Å². The fourth-order valence-electron chi connectivity index (χ4n) is 3.61. The first-order valence-corrected chi connectivity index (χ1v) is 9.69. The molecule has 1 fully saturated rings. The van der Waals surface area contributed by atoms with Gasteiger partial charge in [0, 0.05) is 12.2 Å². The van der Waals surface area contributed by atoms with Crippen LogP contribution in [0.1, 0.15) is 16.7 Å². The van der Waals surface area contributed by atoms with Crippen molar-refractivity contribution >= 4 is 11.6 Å². The maximum atomic E-state index is 12.9. The van der Waals surface area contributed by atoms with Crippen molar-refractivity contribution in [2.75, 3.05) is 44.2 Å². The van der Waals surface area contributed by atoms with Crippen molar-refractivity contribution in [3.05, 3.63) is 65.0 Å². The maximum absolute atomic E-state index is 12.9. The number of carbonyl (C=O) groups is 1. The van der Waals surface area contributed by atoms with Gasteiger partial charge < -0.3 is 15.1 Å². The van der Waals surface area contributed by atoms with E-state index < -0.39 is 0 Å². The number of amides is 1. The number of nitrogens with one attached hydrogen (secondary N) is 2. The van der Waals surface area contributed by atoms with Crippen LogP contribution in [0.25, 0.3) is 0 Å². The Morgan fingerprint density at radius 1 is 1.11 bits per heavy atom. The zero-order valence-electron chi connectivity index (χ0n) is 16.2. The molecule has 0 unspecified atom stereocenters. The van der Waals surface area contributed by atoms with Crippen molar-refractivity contribution in [3.8, 4) is 0 Å². The van der Waals surface area contributed by atoms with Crippen molar-refractivity contribution in [1.82, 2.24) is 5.32 Å². The van der Waals surface area contributed by atoms with E-state index in [1.54, 1.807) is 12.1 Å². The molecule has 1 amide bonds. The molecule has 0 aliphatic carbocycles. The molecule has 0 saturated carbocycles. The van der Waals surface area contributed by atoms with Crippen molar-refractivity contribution in [2.45, 2.75) is 20.3 Å². The lowest BCUT2D eigenvalue weighted by Gasteiger charge is -2.34. The summed E-state index contributed by atoms with van der Waals surface area (Å²) in [7, 11) is 0. The van der Waals surface area contributed by atoms with Crippen LogP contribution in [0.4, 0.5) is 10.1 Å². The number of nitrogens with zero attached hydrogens (tertiary/aromatic N) is 1. The molecule has 0 bridgehead atoms. The fraction of sp³-hybridized carbons (Fsp3) is 0.409. The first-order valence-electron chi connectivity index (χ1n) is 9.69. The van der Waals surface area contributed by atoms with E-state index in [1.807, 2.05) is 0 Å². The normalized spacial score (nSPS) is 15.0. The smallest absolute Gasteiger partial charge is 0.275 e. The molecule has 1 saturated heterocycles. The summed E-state index contributed by atoms with van der Waals surface area (Å²) in [5.41, 5.74) is 5.02. The summed E-state index contributed by atoms with van der Waals surface area (Å²) in [5.74, 6) is -0.140. The van der Waals surface area contributed by atoms with Crippen LogP contribution < -0.4 is 15.1 Å². The summed E-state index contributed by atoms with van der Waals surface area (Å²) in [6.07, 6.45) is 0.724. The molecule has 3 rings (SSSR count). The molecule has 4 nitrogen and oxygen atoms in total. The number of quaternary nitrogens is 1. The highest BCUT2D eigenvalue weighted by Gasteiger charge is 2.23. The summed E-state index contributed by atoms with van der Waals surface area (Å²) in [5, 5.41) is 2.99. The molecule has 5 heteroatoms. The van der Waals surface area contributed by atoms with Gasteiger partial charge in [0.15, 0.2) is 6.54 Å². The third kappa shape index (κ3) is 5.30. The van der Waals surface area contributed by atoms with Gasteiger partial charge in [-0.25, -0.2) is 4.39 Å². The van der Waals surface area contributed by atoms with E-state index in [0.29, 0.717) is 13.1 Å². The second kappa shape index (κ2) is 9.00. The van der Waals surface area contributed by atoms with Crippen molar-refractivity contribution in [1.29, 1.82) is 0 Å². The number of benzene rings is 2. The van der Waals surface area contributed by atoms with Gasteiger partial charge in [0.1, 0.15) is 5.82 Å². The molecule has 2 N–H and O–H groups in total. The van der Waals surface area contributed by atoms with Crippen LogP contribution in [0.3, 0.4) is 0 Å². The minimum Gasteiger partial charge on any atom is -0.360 e. The molecular formula is C22H29FN3O+. The van der Waals surface area contributed by atoms with Gasteiger partial charge in [-0.3, -0.25) is 4.79 Å². The average Bonchev–Trinajstić information content (AvgIpc) is 2.66. The van der Waals surface area contributed by atoms with E-state index in [4.69, 9.17) is 0 Å². The Bertz CT molecular complexity index is 768. The Morgan fingerprint density at radius 2 is 1.81 bits per heavy atom. The summed E-state index contributed by atoms with van der Waals surface area (Å²) in [6, 6.07) is 12.9. The number of aryl methyl sites for hydroxylation is 1. The second-order valence-corrected chi connectivity index (χ2v) is 7.36. The molecular weight excluding hydrogens is 341 g/mol. The SMILES string of the molecule is Cc1cccc(N2CC[NH+](CC(=O)NCCc3ccc(F)cc3)CC2)c1C. The van der Waals surface area contributed by atoms with Crippen molar-refractivity contribution in [2.24, 2.45) is 0 Å².